The van der Waals surface area contributed by atoms with Crippen LogP contribution in [0.4, 0.5) is 15.8 Å². The minimum atomic E-state index is -0.490. The van der Waals surface area contributed by atoms with E-state index < -0.39 is 5.82 Å². The van der Waals surface area contributed by atoms with Crippen molar-refractivity contribution in [2.45, 2.75) is 19.4 Å². The van der Waals surface area contributed by atoms with E-state index in [0.29, 0.717) is 37.6 Å². The van der Waals surface area contributed by atoms with Gasteiger partial charge in [0.2, 0.25) is 11.8 Å². The Labute approximate surface area is 190 Å². The molecule has 0 saturated carbocycles. The van der Waals surface area contributed by atoms with Crippen LogP contribution in [-0.4, -0.2) is 66.3 Å². The standard InChI is InChI=1S/C23H24ClFN4O3/c1-15-12-21(30)26-19-4-2-3-5-20(19)29(15)22(31)14-27-8-10-28(11-9-27)23(32)17-7-6-16(25)13-18(17)24/h2-7,13,15H,8-12,14H2,1H3,(H,26,30). The minimum absolute atomic E-state index is 0.0876. The number of nitrogens with zero attached hydrogens (tertiary/aromatic N) is 3. The fourth-order valence-corrected chi connectivity index (χ4v) is 4.43. The number of hydrogen-bond donors (Lipinski definition) is 1. The van der Waals surface area contributed by atoms with Gasteiger partial charge >= 0.3 is 0 Å². The van der Waals surface area contributed by atoms with E-state index in [1.165, 1.54) is 12.1 Å². The van der Waals surface area contributed by atoms with Crippen molar-refractivity contribution in [2.75, 3.05) is 42.9 Å². The first-order valence-electron chi connectivity index (χ1n) is 10.5. The molecular formula is C23H24ClFN4O3. The van der Waals surface area contributed by atoms with E-state index in [-0.39, 0.29) is 47.3 Å². The summed E-state index contributed by atoms with van der Waals surface area (Å²) in [6.45, 7) is 3.97. The Morgan fingerprint density at radius 3 is 2.56 bits per heavy atom. The largest absolute Gasteiger partial charge is 0.336 e. The van der Waals surface area contributed by atoms with E-state index in [1.807, 2.05) is 30.0 Å². The molecule has 0 aromatic heterocycles. The molecule has 1 N–H and O–H groups in total. The summed E-state index contributed by atoms with van der Waals surface area (Å²) in [7, 11) is 0. The number of benzene rings is 2. The van der Waals surface area contributed by atoms with Crippen molar-refractivity contribution in [3.05, 3.63) is 58.9 Å². The molecule has 1 atom stereocenters. The van der Waals surface area contributed by atoms with E-state index >= 15 is 0 Å². The molecule has 7 nitrogen and oxygen atoms in total. The highest BCUT2D eigenvalue weighted by Crippen LogP contribution is 2.31. The number of hydrogen-bond acceptors (Lipinski definition) is 4. The van der Waals surface area contributed by atoms with E-state index in [9.17, 15) is 18.8 Å². The second-order valence-corrected chi connectivity index (χ2v) is 8.48. The van der Waals surface area contributed by atoms with Gasteiger partial charge in [0.25, 0.3) is 5.91 Å². The van der Waals surface area contributed by atoms with Crippen LogP contribution in [0.3, 0.4) is 0 Å². The van der Waals surface area contributed by atoms with Crippen molar-refractivity contribution < 1.29 is 18.8 Å². The first kappa shape index (κ1) is 22.2. The summed E-state index contributed by atoms with van der Waals surface area (Å²) >= 11 is 6.03. The minimum Gasteiger partial charge on any atom is -0.336 e. The smallest absolute Gasteiger partial charge is 0.255 e. The second-order valence-electron chi connectivity index (χ2n) is 8.07. The van der Waals surface area contributed by atoms with Crippen LogP contribution in [0, 0.1) is 5.82 Å². The maximum Gasteiger partial charge on any atom is 0.255 e. The molecule has 2 aromatic carbocycles. The third kappa shape index (κ3) is 4.61. The van der Waals surface area contributed by atoms with Gasteiger partial charge in [-0.2, -0.15) is 0 Å². The Kier molecular flexibility index (Phi) is 6.43. The number of fused-ring (bicyclic) bond motifs is 1. The van der Waals surface area contributed by atoms with Gasteiger partial charge in [-0.25, -0.2) is 4.39 Å². The zero-order valence-corrected chi connectivity index (χ0v) is 18.4. The number of nitrogens with one attached hydrogen (secondary N) is 1. The monoisotopic (exact) mass is 458 g/mol. The summed E-state index contributed by atoms with van der Waals surface area (Å²) in [6, 6.07) is 10.8. The predicted octanol–water partition coefficient (Wildman–Crippen LogP) is 3.00. The van der Waals surface area contributed by atoms with E-state index in [0.717, 1.165) is 6.07 Å². The zero-order chi connectivity index (χ0) is 22.8. The van der Waals surface area contributed by atoms with Crippen LogP contribution < -0.4 is 10.2 Å². The molecule has 1 saturated heterocycles. The topological polar surface area (TPSA) is 73.0 Å². The number of carbonyl (C=O) groups is 3. The number of amides is 3. The van der Waals surface area contributed by atoms with Crippen molar-refractivity contribution in [1.29, 1.82) is 0 Å². The number of piperazine rings is 1. The van der Waals surface area contributed by atoms with E-state index in [4.69, 9.17) is 11.6 Å². The van der Waals surface area contributed by atoms with Crippen molar-refractivity contribution in [3.63, 3.8) is 0 Å². The van der Waals surface area contributed by atoms with Crippen molar-refractivity contribution in [2.24, 2.45) is 0 Å². The van der Waals surface area contributed by atoms with Crippen molar-refractivity contribution >= 4 is 40.7 Å². The molecule has 32 heavy (non-hydrogen) atoms. The zero-order valence-electron chi connectivity index (χ0n) is 17.7. The van der Waals surface area contributed by atoms with Gasteiger partial charge in [0.15, 0.2) is 0 Å². The van der Waals surface area contributed by atoms with Crippen LogP contribution in [-0.2, 0) is 9.59 Å². The summed E-state index contributed by atoms with van der Waals surface area (Å²) in [5.74, 6) is -0.952. The van der Waals surface area contributed by atoms with Crippen LogP contribution in [0.25, 0.3) is 0 Å². The maximum absolute atomic E-state index is 13.3. The number of halogens is 2. The van der Waals surface area contributed by atoms with E-state index in [2.05, 4.69) is 5.32 Å². The quantitative estimate of drug-likeness (QED) is 0.767. The molecule has 0 radical (unpaired) electrons. The van der Waals surface area contributed by atoms with Gasteiger partial charge in [-0.3, -0.25) is 19.3 Å². The molecule has 1 fully saturated rings. The Morgan fingerprint density at radius 1 is 1.12 bits per heavy atom. The highest BCUT2D eigenvalue weighted by atomic mass is 35.5. The summed E-state index contributed by atoms with van der Waals surface area (Å²) in [5, 5.41) is 2.95. The van der Waals surface area contributed by atoms with Gasteiger partial charge in [-0.1, -0.05) is 23.7 Å². The highest BCUT2D eigenvalue weighted by molar-refractivity contribution is 6.33. The van der Waals surface area contributed by atoms with Crippen LogP contribution >= 0.6 is 11.6 Å². The Balaban J connectivity index is 1.40. The second kappa shape index (κ2) is 9.26. The molecule has 0 spiro atoms. The summed E-state index contributed by atoms with van der Waals surface area (Å²) < 4.78 is 13.3. The summed E-state index contributed by atoms with van der Waals surface area (Å²) in [5.41, 5.74) is 1.59. The van der Waals surface area contributed by atoms with Crippen LogP contribution in [0.5, 0.6) is 0 Å². The summed E-state index contributed by atoms with van der Waals surface area (Å²) in [4.78, 5) is 43.5. The van der Waals surface area contributed by atoms with Crippen LogP contribution in [0.2, 0.25) is 5.02 Å². The molecule has 168 valence electrons. The number of anilines is 2. The molecule has 2 aliphatic heterocycles. The van der Waals surface area contributed by atoms with Gasteiger partial charge in [-0.05, 0) is 37.3 Å². The van der Waals surface area contributed by atoms with Crippen molar-refractivity contribution in [3.8, 4) is 0 Å². The van der Waals surface area contributed by atoms with Crippen LogP contribution in [0.15, 0.2) is 42.5 Å². The lowest BCUT2D eigenvalue weighted by Crippen LogP contribution is -2.52. The van der Waals surface area contributed by atoms with Gasteiger partial charge < -0.3 is 15.1 Å². The molecule has 3 amide bonds. The fraction of sp³-hybridized carbons (Fsp3) is 0.348. The molecular weight excluding hydrogens is 435 g/mol. The summed E-state index contributed by atoms with van der Waals surface area (Å²) in [6.07, 6.45) is 0.223. The molecule has 2 heterocycles. The Hall–Kier alpha value is -2.97. The average Bonchev–Trinajstić information content (AvgIpc) is 2.88. The third-order valence-corrected chi connectivity index (χ3v) is 6.12. The molecule has 1 unspecified atom stereocenters. The number of carbonyl (C=O) groups excluding carboxylic acids is 3. The highest BCUT2D eigenvalue weighted by Gasteiger charge is 2.31. The molecule has 2 aromatic rings. The SMILES string of the molecule is CC1CC(=O)Nc2ccccc2N1C(=O)CN1CCN(C(=O)c2ccc(F)cc2Cl)CC1. The van der Waals surface area contributed by atoms with Gasteiger partial charge in [0.1, 0.15) is 5.82 Å². The first-order chi connectivity index (χ1) is 15.3. The lowest BCUT2D eigenvalue weighted by atomic mass is 10.1. The predicted molar refractivity (Wildman–Crippen MR) is 120 cm³/mol. The number of para-hydroxylation sites is 2. The molecule has 0 bridgehead atoms. The Bertz CT molecular complexity index is 1060. The molecule has 2 aliphatic rings. The lowest BCUT2D eigenvalue weighted by Gasteiger charge is -2.36. The normalized spacial score (nSPS) is 19.2. The maximum atomic E-state index is 13.3. The van der Waals surface area contributed by atoms with Gasteiger partial charge in [0, 0.05) is 38.6 Å². The number of rotatable bonds is 3. The fourth-order valence-electron chi connectivity index (χ4n) is 4.18. The van der Waals surface area contributed by atoms with E-state index in [1.54, 1.807) is 15.9 Å². The third-order valence-electron chi connectivity index (χ3n) is 5.81. The van der Waals surface area contributed by atoms with Gasteiger partial charge in [-0.15, -0.1) is 0 Å². The Morgan fingerprint density at radius 2 is 1.84 bits per heavy atom. The van der Waals surface area contributed by atoms with Crippen molar-refractivity contribution in [1.82, 2.24) is 9.80 Å². The average molecular weight is 459 g/mol. The molecule has 0 aliphatic carbocycles. The van der Waals surface area contributed by atoms with Crippen LogP contribution in [0.1, 0.15) is 23.7 Å². The first-order valence-corrected chi connectivity index (χ1v) is 10.9. The molecule has 4 rings (SSSR count). The van der Waals surface area contributed by atoms with Gasteiger partial charge in [0.05, 0.1) is 28.5 Å². The molecule has 9 heteroatoms. The lowest BCUT2D eigenvalue weighted by molar-refractivity contribution is -0.120.